The van der Waals surface area contributed by atoms with Crippen molar-refractivity contribution in [2.24, 2.45) is 0 Å². The Morgan fingerprint density at radius 3 is 2.30 bits per heavy atom. The molecule has 1 aliphatic heterocycles. The molecular weight excluding hydrogens is 262 g/mol. The smallest absolute Gasteiger partial charge is 0.324 e. The molecule has 1 aromatic rings. The SMILES string of the molecule is CC1=C([N+](=O)[O-])[C@@H](c2ccc(O)cc2)N(C)C(=O)N1C. The van der Waals surface area contributed by atoms with E-state index in [0.29, 0.717) is 11.3 Å². The van der Waals surface area contributed by atoms with E-state index in [0.717, 1.165) is 0 Å². The molecule has 0 bridgehead atoms. The number of allylic oxidation sites excluding steroid dienone is 1. The van der Waals surface area contributed by atoms with Crippen LogP contribution in [-0.4, -0.2) is 40.0 Å². The molecule has 1 heterocycles. The van der Waals surface area contributed by atoms with Gasteiger partial charge in [0.05, 0.1) is 10.6 Å². The summed E-state index contributed by atoms with van der Waals surface area (Å²) in [6.45, 7) is 1.55. The lowest BCUT2D eigenvalue weighted by Crippen LogP contribution is -2.47. The van der Waals surface area contributed by atoms with Gasteiger partial charge < -0.3 is 10.0 Å². The molecule has 1 aromatic carbocycles. The second-order valence-corrected chi connectivity index (χ2v) is 4.67. The van der Waals surface area contributed by atoms with Gasteiger partial charge in [-0.05, 0) is 24.6 Å². The van der Waals surface area contributed by atoms with Crippen LogP contribution in [0.1, 0.15) is 18.5 Å². The topological polar surface area (TPSA) is 86.9 Å². The molecule has 1 aliphatic rings. The molecule has 7 heteroatoms. The monoisotopic (exact) mass is 277 g/mol. The van der Waals surface area contributed by atoms with Gasteiger partial charge in [0.2, 0.25) is 0 Å². The first-order valence-electron chi connectivity index (χ1n) is 5.99. The average molecular weight is 277 g/mol. The number of likely N-dealkylation sites (N-methyl/N-ethyl adjacent to an activating group) is 1. The molecule has 0 saturated heterocycles. The van der Waals surface area contributed by atoms with Crippen LogP contribution in [0.2, 0.25) is 0 Å². The number of benzene rings is 1. The molecule has 2 amide bonds. The Labute approximate surface area is 115 Å². The molecule has 0 unspecified atom stereocenters. The molecule has 2 rings (SSSR count). The van der Waals surface area contributed by atoms with Crippen molar-refractivity contribution in [2.75, 3.05) is 14.1 Å². The first kappa shape index (κ1) is 13.9. The van der Waals surface area contributed by atoms with Crippen molar-refractivity contribution < 1.29 is 14.8 Å². The van der Waals surface area contributed by atoms with Gasteiger partial charge in [0, 0.05) is 14.1 Å². The number of carbonyl (C=O) groups excluding carboxylic acids is 1. The van der Waals surface area contributed by atoms with E-state index in [2.05, 4.69) is 0 Å². The van der Waals surface area contributed by atoms with Gasteiger partial charge in [-0.25, -0.2) is 4.79 Å². The molecule has 20 heavy (non-hydrogen) atoms. The molecule has 106 valence electrons. The molecule has 7 nitrogen and oxygen atoms in total. The zero-order chi connectivity index (χ0) is 15.0. The molecule has 0 radical (unpaired) electrons. The van der Waals surface area contributed by atoms with Gasteiger partial charge >= 0.3 is 6.03 Å². The predicted molar refractivity (Wildman–Crippen MR) is 71.5 cm³/mol. The third-order valence-electron chi connectivity index (χ3n) is 3.51. The summed E-state index contributed by atoms with van der Waals surface area (Å²) in [5, 5.41) is 20.7. The van der Waals surface area contributed by atoms with Crippen molar-refractivity contribution in [2.45, 2.75) is 13.0 Å². The Hall–Kier alpha value is -2.57. The summed E-state index contributed by atoms with van der Waals surface area (Å²) in [5.41, 5.74) is 0.856. The van der Waals surface area contributed by atoms with Gasteiger partial charge in [-0.1, -0.05) is 12.1 Å². The van der Waals surface area contributed by atoms with Crippen LogP contribution in [0.15, 0.2) is 35.7 Å². The minimum Gasteiger partial charge on any atom is -0.508 e. The van der Waals surface area contributed by atoms with E-state index in [1.165, 1.54) is 36.0 Å². The van der Waals surface area contributed by atoms with E-state index in [1.807, 2.05) is 0 Å². The van der Waals surface area contributed by atoms with Crippen molar-refractivity contribution in [3.8, 4) is 5.75 Å². The average Bonchev–Trinajstić information content (AvgIpc) is 2.41. The van der Waals surface area contributed by atoms with Gasteiger partial charge in [0.15, 0.2) is 6.04 Å². The highest BCUT2D eigenvalue weighted by Crippen LogP contribution is 2.35. The molecule has 0 aromatic heterocycles. The van der Waals surface area contributed by atoms with Gasteiger partial charge in [0.1, 0.15) is 5.75 Å². The molecule has 0 fully saturated rings. The normalized spacial score (nSPS) is 19.6. The quantitative estimate of drug-likeness (QED) is 0.661. The third kappa shape index (κ3) is 2.07. The number of urea groups is 1. The number of aromatic hydroxyl groups is 1. The van der Waals surface area contributed by atoms with Crippen LogP contribution in [0, 0.1) is 10.1 Å². The van der Waals surface area contributed by atoms with Crippen molar-refractivity contribution >= 4 is 6.03 Å². The molecular formula is C13H15N3O4. The molecule has 0 spiro atoms. The predicted octanol–water partition coefficient (Wildman–Crippen LogP) is 1.94. The van der Waals surface area contributed by atoms with E-state index in [9.17, 15) is 20.0 Å². The van der Waals surface area contributed by atoms with Crippen LogP contribution in [0.25, 0.3) is 0 Å². The summed E-state index contributed by atoms with van der Waals surface area (Å²) < 4.78 is 0. The van der Waals surface area contributed by atoms with Gasteiger partial charge in [-0.2, -0.15) is 0 Å². The molecule has 1 N–H and O–H groups in total. The summed E-state index contributed by atoms with van der Waals surface area (Å²) in [4.78, 5) is 25.6. The summed E-state index contributed by atoms with van der Waals surface area (Å²) in [6, 6.07) is 4.95. The number of nitro groups is 1. The van der Waals surface area contributed by atoms with Gasteiger partial charge in [0.25, 0.3) is 5.70 Å². The maximum atomic E-state index is 12.1. The zero-order valence-corrected chi connectivity index (χ0v) is 11.4. The van der Waals surface area contributed by atoms with Crippen LogP contribution in [-0.2, 0) is 0 Å². The maximum Gasteiger partial charge on any atom is 0.324 e. The Kier molecular flexibility index (Phi) is 3.35. The number of carbonyl (C=O) groups is 1. The number of nitrogens with zero attached hydrogens (tertiary/aromatic N) is 3. The first-order valence-corrected chi connectivity index (χ1v) is 5.99. The minimum atomic E-state index is -0.769. The zero-order valence-electron chi connectivity index (χ0n) is 11.4. The lowest BCUT2D eigenvalue weighted by atomic mass is 9.99. The maximum absolute atomic E-state index is 12.1. The van der Waals surface area contributed by atoms with Gasteiger partial charge in [-0.3, -0.25) is 15.0 Å². The second kappa shape index (κ2) is 4.84. The number of phenolic OH excluding ortho intramolecular Hbond substituents is 1. The van der Waals surface area contributed by atoms with Crippen LogP contribution < -0.4 is 0 Å². The summed E-state index contributed by atoms with van der Waals surface area (Å²) in [6.07, 6.45) is 0. The lowest BCUT2D eigenvalue weighted by Gasteiger charge is -2.36. The highest BCUT2D eigenvalue weighted by Gasteiger charge is 2.42. The fourth-order valence-electron chi connectivity index (χ4n) is 2.31. The fraction of sp³-hybridized carbons (Fsp3) is 0.308. The number of hydrogen-bond donors (Lipinski definition) is 1. The van der Waals surface area contributed by atoms with Crippen LogP contribution in [0.4, 0.5) is 4.79 Å². The highest BCUT2D eigenvalue weighted by atomic mass is 16.6. The van der Waals surface area contributed by atoms with Crippen molar-refractivity contribution in [1.29, 1.82) is 0 Å². The first-order chi connectivity index (χ1) is 9.34. The third-order valence-corrected chi connectivity index (χ3v) is 3.51. The summed E-state index contributed by atoms with van der Waals surface area (Å²) in [7, 11) is 3.02. The molecule has 0 saturated carbocycles. The van der Waals surface area contributed by atoms with E-state index in [4.69, 9.17) is 0 Å². The summed E-state index contributed by atoms with van der Waals surface area (Å²) >= 11 is 0. The number of amides is 2. The largest absolute Gasteiger partial charge is 0.508 e. The standard InChI is InChI=1S/C13H15N3O4/c1-8-11(16(19)20)12(15(3)13(18)14(8)2)9-4-6-10(17)7-5-9/h4-7,12,17H,1-3H3/t12-/m1/s1. The van der Waals surface area contributed by atoms with E-state index >= 15 is 0 Å². The highest BCUT2D eigenvalue weighted by molar-refractivity contribution is 5.78. The van der Waals surface area contributed by atoms with Crippen molar-refractivity contribution in [3.63, 3.8) is 0 Å². The second-order valence-electron chi connectivity index (χ2n) is 4.67. The van der Waals surface area contributed by atoms with Crippen molar-refractivity contribution in [3.05, 3.63) is 51.3 Å². The van der Waals surface area contributed by atoms with Crippen LogP contribution >= 0.6 is 0 Å². The molecule has 1 atom stereocenters. The van der Waals surface area contributed by atoms with Crippen LogP contribution in [0.5, 0.6) is 5.75 Å². The Balaban J connectivity index is 2.60. The van der Waals surface area contributed by atoms with E-state index in [1.54, 1.807) is 19.1 Å². The number of hydrogen-bond acceptors (Lipinski definition) is 4. The van der Waals surface area contributed by atoms with Crippen molar-refractivity contribution in [1.82, 2.24) is 9.80 Å². The van der Waals surface area contributed by atoms with E-state index in [-0.39, 0.29) is 17.5 Å². The summed E-state index contributed by atoms with van der Waals surface area (Å²) in [5.74, 6) is 0.0685. The molecule has 0 aliphatic carbocycles. The van der Waals surface area contributed by atoms with Crippen LogP contribution in [0.3, 0.4) is 0 Å². The fourth-order valence-corrected chi connectivity index (χ4v) is 2.31. The van der Waals surface area contributed by atoms with Gasteiger partial charge in [-0.15, -0.1) is 0 Å². The minimum absolute atomic E-state index is 0.0414. The Morgan fingerprint density at radius 1 is 1.25 bits per heavy atom. The Bertz CT molecular complexity index is 594. The Morgan fingerprint density at radius 2 is 1.80 bits per heavy atom. The van der Waals surface area contributed by atoms with E-state index < -0.39 is 11.0 Å². The lowest BCUT2D eigenvalue weighted by molar-refractivity contribution is -0.436. The number of rotatable bonds is 2. The number of phenols is 1.